The third-order valence-corrected chi connectivity index (χ3v) is 6.62. The summed E-state index contributed by atoms with van der Waals surface area (Å²) in [6, 6.07) is 11.4. The molecule has 0 aliphatic heterocycles. The Morgan fingerprint density at radius 2 is 1.84 bits per heavy atom. The molecule has 6 nitrogen and oxygen atoms in total. The maximum absolute atomic E-state index is 12.8. The second-order valence-corrected chi connectivity index (χ2v) is 10.5. The number of hydrogen-bond acceptors (Lipinski definition) is 4. The van der Waals surface area contributed by atoms with Gasteiger partial charge in [-0.15, -0.1) is 0 Å². The van der Waals surface area contributed by atoms with Gasteiger partial charge in [0.25, 0.3) is 0 Å². The van der Waals surface area contributed by atoms with Gasteiger partial charge in [0.1, 0.15) is 10.6 Å². The first-order valence-electron chi connectivity index (χ1n) is 10.2. The zero-order chi connectivity index (χ0) is 23.4. The molecule has 0 unspecified atom stereocenters. The molecule has 0 aliphatic rings. The highest BCUT2D eigenvalue weighted by Crippen LogP contribution is 2.28. The molecule has 2 amide bonds. The fourth-order valence-electron chi connectivity index (χ4n) is 3.03. The number of nitrogens with zero attached hydrogens (tertiary/aromatic N) is 1. The third kappa shape index (κ3) is 6.87. The number of amides is 2. The van der Waals surface area contributed by atoms with Gasteiger partial charge < -0.3 is 14.4 Å². The maximum Gasteiger partial charge on any atom is 0.340 e. The van der Waals surface area contributed by atoms with Crippen molar-refractivity contribution in [3.05, 3.63) is 58.6 Å². The molecule has 0 fully saturated rings. The Kier molecular flexibility index (Phi) is 8.00. The summed E-state index contributed by atoms with van der Waals surface area (Å²) >= 11 is 6.11. The highest BCUT2D eigenvalue weighted by molar-refractivity contribution is 7.87. The highest BCUT2D eigenvalue weighted by atomic mass is 35.5. The minimum atomic E-state index is -4.11. The third-order valence-electron chi connectivity index (χ3n) is 4.74. The number of hydrogen-bond donors (Lipinski definition) is 1. The SMILES string of the molecule is CC[C@H](C)N(Cc1cccc(OS(=O)(=O)c2c(C)cccc2Cl)c1)C(=O)NC(C)(C)C. The Balaban J connectivity index is 2.28. The van der Waals surface area contributed by atoms with Crippen molar-refractivity contribution in [1.82, 2.24) is 10.2 Å². The van der Waals surface area contributed by atoms with E-state index in [1.54, 1.807) is 42.2 Å². The Labute approximate surface area is 190 Å². The molecule has 0 saturated carbocycles. The van der Waals surface area contributed by atoms with E-state index < -0.39 is 10.1 Å². The lowest BCUT2D eigenvalue weighted by atomic mass is 10.1. The van der Waals surface area contributed by atoms with Gasteiger partial charge in [-0.2, -0.15) is 8.42 Å². The molecule has 0 aliphatic carbocycles. The molecule has 31 heavy (non-hydrogen) atoms. The Morgan fingerprint density at radius 3 is 2.42 bits per heavy atom. The second-order valence-electron chi connectivity index (χ2n) is 8.64. The van der Waals surface area contributed by atoms with Gasteiger partial charge in [-0.25, -0.2) is 4.79 Å². The van der Waals surface area contributed by atoms with Gasteiger partial charge in [-0.1, -0.05) is 42.8 Å². The predicted octanol–water partition coefficient (Wildman–Crippen LogP) is 5.52. The average Bonchev–Trinajstić information content (AvgIpc) is 2.63. The normalized spacial score (nSPS) is 12.9. The number of nitrogens with one attached hydrogen (secondary N) is 1. The molecule has 2 aromatic rings. The minimum absolute atomic E-state index is 0.00133. The van der Waals surface area contributed by atoms with Gasteiger partial charge in [0, 0.05) is 18.1 Å². The summed E-state index contributed by atoms with van der Waals surface area (Å²) in [5.74, 6) is 0.164. The van der Waals surface area contributed by atoms with E-state index in [1.807, 2.05) is 40.7 Å². The van der Waals surface area contributed by atoms with Crippen molar-refractivity contribution in [3.63, 3.8) is 0 Å². The lowest BCUT2D eigenvalue weighted by Gasteiger charge is -2.32. The molecule has 0 saturated heterocycles. The van der Waals surface area contributed by atoms with Crippen molar-refractivity contribution in [3.8, 4) is 5.75 Å². The van der Waals surface area contributed by atoms with Crippen LogP contribution in [0.4, 0.5) is 4.79 Å². The molecule has 2 rings (SSSR count). The van der Waals surface area contributed by atoms with E-state index in [-0.39, 0.29) is 33.3 Å². The van der Waals surface area contributed by atoms with Crippen LogP contribution in [0.3, 0.4) is 0 Å². The number of benzene rings is 2. The quantitative estimate of drug-likeness (QED) is 0.544. The molecule has 170 valence electrons. The Hall–Kier alpha value is -2.25. The molecule has 0 bridgehead atoms. The van der Waals surface area contributed by atoms with Crippen molar-refractivity contribution < 1.29 is 17.4 Å². The van der Waals surface area contributed by atoms with Crippen molar-refractivity contribution in [2.45, 2.75) is 71.0 Å². The van der Waals surface area contributed by atoms with Crippen molar-refractivity contribution >= 4 is 27.8 Å². The van der Waals surface area contributed by atoms with E-state index in [2.05, 4.69) is 5.32 Å². The minimum Gasteiger partial charge on any atom is -0.379 e. The molecule has 1 atom stereocenters. The van der Waals surface area contributed by atoms with Crippen LogP contribution in [-0.2, 0) is 16.7 Å². The predicted molar refractivity (Wildman–Crippen MR) is 124 cm³/mol. The van der Waals surface area contributed by atoms with E-state index >= 15 is 0 Å². The van der Waals surface area contributed by atoms with E-state index in [0.717, 1.165) is 12.0 Å². The van der Waals surface area contributed by atoms with Crippen LogP contribution >= 0.6 is 11.6 Å². The number of carbonyl (C=O) groups excluding carboxylic acids is 1. The summed E-state index contributed by atoms with van der Waals surface area (Å²) in [6.07, 6.45) is 0.786. The number of rotatable bonds is 7. The van der Waals surface area contributed by atoms with Crippen LogP contribution in [0, 0.1) is 6.92 Å². The standard InChI is InChI=1S/C23H31ClN2O4S/c1-7-17(3)26(22(27)25-23(4,5)6)15-18-11-9-12-19(14-18)30-31(28,29)21-16(2)10-8-13-20(21)24/h8-14,17H,7,15H2,1-6H3,(H,25,27)/t17-/m0/s1. The molecule has 0 heterocycles. The lowest BCUT2D eigenvalue weighted by Crippen LogP contribution is -2.50. The smallest absolute Gasteiger partial charge is 0.340 e. The Bertz CT molecular complexity index is 1010. The van der Waals surface area contributed by atoms with Crippen LogP contribution in [0.25, 0.3) is 0 Å². The van der Waals surface area contributed by atoms with E-state index in [9.17, 15) is 13.2 Å². The fraction of sp³-hybridized carbons (Fsp3) is 0.435. The summed E-state index contributed by atoms with van der Waals surface area (Å²) in [6.45, 7) is 11.8. The summed E-state index contributed by atoms with van der Waals surface area (Å²) in [5, 5.41) is 3.10. The molecule has 0 spiro atoms. The van der Waals surface area contributed by atoms with Gasteiger partial charge in [-0.3, -0.25) is 0 Å². The summed E-state index contributed by atoms with van der Waals surface area (Å²) in [5.41, 5.74) is 0.896. The summed E-state index contributed by atoms with van der Waals surface area (Å²) < 4.78 is 31.0. The monoisotopic (exact) mass is 466 g/mol. The number of halogens is 1. The van der Waals surface area contributed by atoms with Crippen LogP contribution in [0.5, 0.6) is 5.75 Å². The topological polar surface area (TPSA) is 75.7 Å². The Morgan fingerprint density at radius 1 is 1.19 bits per heavy atom. The highest BCUT2D eigenvalue weighted by Gasteiger charge is 2.25. The number of aryl methyl sites for hydroxylation is 1. The zero-order valence-electron chi connectivity index (χ0n) is 18.9. The van der Waals surface area contributed by atoms with Crippen LogP contribution in [0.15, 0.2) is 47.4 Å². The first-order chi connectivity index (χ1) is 14.3. The molecular formula is C23H31ClN2O4S. The molecule has 0 radical (unpaired) electrons. The van der Waals surface area contributed by atoms with Crippen LogP contribution in [0.1, 0.15) is 52.2 Å². The van der Waals surface area contributed by atoms with Gasteiger partial charge in [0.2, 0.25) is 0 Å². The van der Waals surface area contributed by atoms with Gasteiger partial charge in [0.15, 0.2) is 0 Å². The molecular weight excluding hydrogens is 436 g/mol. The maximum atomic E-state index is 12.8. The largest absolute Gasteiger partial charge is 0.379 e. The molecule has 0 aromatic heterocycles. The van der Waals surface area contributed by atoms with Gasteiger partial charge in [-0.05, 0) is 70.4 Å². The molecule has 1 N–H and O–H groups in total. The second kappa shape index (κ2) is 9.92. The zero-order valence-corrected chi connectivity index (χ0v) is 20.5. The molecule has 2 aromatic carbocycles. The van der Waals surface area contributed by atoms with E-state index in [1.165, 1.54) is 6.07 Å². The first kappa shape index (κ1) is 25.0. The van der Waals surface area contributed by atoms with E-state index in [0.29, 0.717) is 12.1 Å². The van der Waals surface area contributed by atoms with Crippen LogP contribution < -0.4 is 9.50 Å². The average molecular weight is 467 g/mol. The van der Waals surface area contributed by atoms with Crippen molar-refractivity contribution in [2.24, 2.45) is 0 Å². The summed E-state index contributed by atoms with van der Waals surface area (Å²) in [4.78, 5) is 14.5. The van der Waals surface area contributed by atoms with E-state index in [4.69, 9.17) is 15.8 Å². The van der Waals surface area contributed by atoms with Crippen LogP contribution in [-0.4, -0.2) is 30.9 Å². The summed E-state index contributed by atoms with van der Waals surface area (Å²) in [7, 11) is -4.11. The molecule has 8 heteroatoms. The first-order valence-corrected chi connectivity index (χ1v) is 12.0. The van der Waals surface area contributed by atoms with Crippen molar-refractivity contribution in [2.75, 3.05) is 0 Å². The fourth-order valence-corrected chi connectivity index (χ4v) is 4.75. The number of carbonyl (C=O) groups is 1. The van der Waals surface area contributed by atoms with Crippen molar-refractivity contribution in [1.29, 1.82) is 0 Å². The van der Waals surface area contributed by atoms with Gasteiger partial charge >= 0.3 is 16.1 Å². The lowest BCUT2D eigenvalue weighted by molar-refractivity contribution is 0.165. The van der Waals surface area contributed by atoms with Gasteiger partial charge in [0.05, 0.1) is 5.02 Å². The number of urea groups is 1. The van der Waals surface area contributed by atoms with Crippen LogP contribution in [0.2, 0.25) is 5.02 Å².